The summed E-state index contributed by atoms with van der Waals surface area (Å²) in [5.41, 5.74) is 0. The molecule has 0 saturated heterocycles. The topological polar surface area (TPSA) is 0 Å². The average Bonchev–Trinajstić information content (AvgIpc) is 2.10. The second kappa shape index (κ2) is 6.62. The predicted octanol–water partition coefficient (Wildman–Crippen LogP) is 3.72. The number of rotatable bonds is 1. The van der Waals surface area contributed by atoms with Crippen molar-refractivity contribution in [1.29, 1.82) is 0 Å². The standard InChI is InChI=1S/C7H8S2.C2H6/c1-9-7-4-2-6(8)3-5-7;1-2/h2-5,8H,1H3;1-2H3. The Kier molecular flexibility index (Phi) is 6.57. The van der Waals surface area contributed by atoms with Crippen LogP contribution in [0.3, 0.4) is 0 Å². The van der Waals surface area contributed by atoms with E-state index in [1.165, 1.54) is 4.90 Å². The van der Waals surface area contributed by atoms with E-state index in [0.717, 1.165) is 4.90 Å². The molecule has 0 unspecified atom stereocenters. The number of thiol groups is 1. The van der Waals surface area contributed by atoms with Gasteiger partial charge in [-0.2, -0.15) is 0 Å². The Labute approximate surface area is 78.8 Å². The van der Waals surface area contributed by atoms with Gasteiger partial charge in [-0.25, -0.2) is 0 Å². The van der Waals surface area contributed by atoms with Crippen LogP contribution in [-0.2, 0) is 0 Å². The Hall–Kier alpha value is -0.0800. The molecular formula is C9H14S2. The molecule has 0 bridgehead atoms. The third-order valence-corrected chi connectivity index (χ3v) is 2.11. The Morgan fingerprint density at radius 2 is 1.55 bits per heavy atom. The van der Waals surface area contributed by atoms with E-state index >= 15 is 0 Å². The van der Waals surface area contributed by atoms with Crippen molar-refractivity contribution in [3.05, 3.63) is 24.3 Å². The van der Waals surface area contributed by atoms with Gasteiger partial charge in [-0.1, -0.05) is 13.8 Å². The van der Waals surface area contributed by atoms with Crippen LogP contribution in [0.1, 0.15) is 13.8 Å². The van der Waals surface area contributed by atoms with Gasteiger partial charge in [-0.15, -0.1) is 24.4 Å². The lowest BCUT2D eigenvalue weighted by Crippen LogP contribution is -1.67. The van der Waals surface area contributed by atoms with Crippen LogP contribution in [0.4, 0.5) is 0 Å². The van der Waals surface area contributed by atoms with E-state index in [0.29, 0.717) is 0 Å². The van der Waals surface area contributed by atoms with Gasteiger partial charge in [0.15, 0.2) is 0 Å². The van der Waals surface area contributed by atoms with Crippen molar-refractivity contribution in [3.63, 3.8) is 0 Å². The van der Waals surface area contributed by atoms with Crippen molar-refractivity contribution >= 4 is 24.4 Å². The molecule has 0 spiro atoms. The highest BCUT2D eigenvalue weighted by Gasteiger charge is 1.85. The van der Waals surface area contributed by atoms with Crippen molar-refractivity contribution < 1.29 is 0 Å². The average molecular weight is 186 g/mol. The van der Waals surface area contributed by atoms with Gasteiger partial charge in [0.2, 0.25) is 0 Å². The van der Waals surface area contributed by atoms with E-state index in [2.05, 4.69) is 31.0 Å². The molecule has 1 aromatic carbocycles. The zero-order valence-corrected chi connectivity index (χ0v) is 8.88. The summed E-state index contributed by atoms with van der Waals surface area (Å²) < 4.78 is 0. The fourth-order valence-corrected chi connectivity index (χ4v) is 1.14. The highest BCUT2D eigenvalue weighted by atomic mass is 32.2. The summed E-state index contributed by atoms with van der Waals surface area (Å²) in [7, 11) is 0. The van der Waals surface area contributed by atoms with Crippen LogP contribution >= 0.6 is 24.4 Å². The second-order valence-electron chi connectivity index (χ2n) is 1.70. The molecule has 0 aliphatic carbocycles. The maximum atomic E-state index is 4.16. The fourth-order valence-electron chi connectivity index (χ4n) is 0.582. The Morgan fingerprint density at radius 1 is 1.09 bits per heavy atom. The van der Waals surface area contributed by atoms with E-state index in [-0.39, 0.29) is 0 Å². The highest BCUT2D eigenvalue weighted by molar-refractivity contribution is 7.98. The molecule has 0 radical (unpaired) electrons. The van der Waals surface area contributed by atoms with Crippen molar-refractivity contribution in [2.45, 2.75) is 23.6 Å². The van der Waals surface area contributed by atoms with Gasteiger partial charge < -0.3 is 0 Å². The summed E-state index contributed by atoms with van der Waals surface area (Å²) in [6.07, 6.45) is 2.06. The number of hydrogen-bond donors (Lipinski definition) is 1. The summed E-state index contributed by atoms with van der Waals surface area (Å²) in [5.74, 6) is 0. The van der Waals surface area contributed by atoms with Crippen LogP contribution in [0.2, 0.25) is 0 Å². The minimum absolute atomic E-state index is 1.02. The quantitative estimate of drug-likeness (QED) is 0.515. The van der Waals surface area contributed by atoms with Gasteiger partial charge >= 0.3 is 0 Å². The van der Waals surface area contributed by atoms with Gasteiger partial charge in [-0.05, 0) is 30.5 Å². The number of hydrogen-bond acceptors (Lipinski definition) is 2. The molecule has 1 rings (SSSR count). The van der Waals surface area contributed by atoms with Crippen LogP contribution in [-0.4, -0.2) is 6.26 Å². The van der Waals surface area contributed by atoms with Crippen molar-refractivity contribution in [2.75, 3.05) is 6.26 Å². The molecule has 0 aliphatic heterocycles. The Morgan fingerprint density at radius 3 is 1.91 bits per heavy atom. The van der Waals surface area contributed by atoms with Gasteiger partial charge in [0, 0.05) is 9.79 Å². The maximum Gasteiger partial charge on any atom is 0.00699 e. The molecule has 0 aromatic heterocycles. The van der Waals surface area contributed by atoms with Gasteiger partial charge in [-0.3, -0.25) is 0 Å². The number of thioether (sulfide) groups is 1. The third-order valence-electron chi connectivity index (χ3n) is 1.07. The van der Waals surface area contributed by atoms with Crippen LogP contribution in [0.15, 0.2) is 34.1 Å². The van der Waals surface area contributed by atoms with E-state index in [9.17, 15) is 0 Å². The molecule has 0 amide bonds. The molecule has 2 heteroatoms. The van der Waals surface area contributed by atoms with Gasteiger partial charge in [0.1, 0.15) is 0 Å². The first-order valence-electron chi connectivity index (χ1n) is 3.66. The van der Waals surface area contributed by atoms with Crippen LogP contribution in [0, 0.1) is 0 Å². The lowest BCUT2D eigenvalue weighted by atomic mass is 10.4. The molecule has 0 saturated carbocycles. The molecule has 11 heavy (non-hydrogen) atoms. The first kappa shape index (κ1) is 10.9. The second-order valence-corrected chi connectivity index (χ2v) is 3.09. The normalized spacial score (nSPS) is 8.36. The Bertz CT molecular complexity index is 179. The predicted molar refractivity (Wildman–Crippen MR) is 56.8 cm³/mol. The van der Waals surface area contributed by atoms with Crippen molar-refractivity contribution in [3.8, 4) is 0 Å². The SMILES string of the molecule is CC.CSc1ccc(S)cc1. The maximum absolute atomic E-state index is 4.16. The van der Waals surface area contributed by atoms with Gasteiger partial charge in [0.05, 0.1) is 0 Å². The van der Waals surface area contributed by atoms with Gasteiger partial charge in [0.25, 0.3) is 0 Å². The summed E-state index contributed by atoms with van der Waals surface area (Å²) in [4.78, 5) is 2.31. The fraction of sp³-hybridized carbons (Fsp3) is 0.333. The number of benzene rings is 1. The summed E-state index contributed by atoms with van der Waals surface area (Å²) in [6, 6.07) is 8.11. The molecule has 1 aromatic rings. The molecule has 0 atom stereocenters. The molecule has 0 nitrogen and oxygen atoms in total. The monoisotopic (exact) mass is 186 g/mol. The first-order chi connectivity index (χ1) is 5.33. The van der Waals surface area contributed by atoms with E-state index in [4.69, 9.17) is 0 Å². The molecular weight excluding hydrogens is 172 g/mol. The summed E-state index contributed by atoms with van der Waals surface area (Å²) >= 11 is 5.90. The minimum Gasteiger partial charge on any atom is -0.143 e. The molecule has 0 aliphatic rings. The highest BCUT2D eigenvalue weighted by Crippen LogP contribution is 2.15. The molecule has 0 fully saturated rings. The molecule has 0 heterocycles. The smallest absolute Gasteiger partial charge is 0.00699 e. The van der Waals surface area contributed by atoms with E-state index in [1.54, 1.807) is 11.8 Å². The Balaban J connectivity index is 0.000000461. The lowest BCUT2D eigenvalue weighted by molar-refractivity contribution is 1.36. The van der Waals surface area contributed by atoms with Crippen molar-refractivity contribution in [1.82, 2.24) is 0 Å². The third kappa shape index (κ3) is 4.38. The summed E-state index contributed by atoms with van der Waals surface area (Å²) in [6.45, 7) is 4.00. The lowest BCUT2D eigenvalue weighted by Gasteiger charge is -1.93. The summed E-state index contributed by atoms with van der Waals surface area (Å²) in [5, 5.41) is 0. The largest absolute Gasteiger partial charge is 0.143 e. The van der Waals surface area contributed by atoms with Crippen molar-refractivity contribution in [2.24, 2.45) is 0 Å². The zero-order chi connectivity index (χ0) is 8.69. The molecule has 0 N–H and O–H groups in total. The molecule has 62 valence electrons. The van der Waals surface area contributed by atoms with Crippen LogP contribution < -0.4 is 0 Å². The van der Waals surface area contributed by atoms with Crippen LogP contribution in [0.25, 0.3) is 0 Å². The van der Waals surface area contributed by atoms with E-state index in [1.807, 2.05) is 26.0 Å². The minimum atomic E-state index is 1.02. The first-order valence-corrected chi connectivity index (χ1v) is 5.33. The van der Waals surface area contributed by atoms with E-state index < -0.39 is 0 Å². The zero-order valence-electron chi connectivity index (χ0n) is 7.16. The van der Waals surface area contributed by atoms with Crippen LogP contribution in [0.5, 0.6) is 0 Å².